The Bertz CT molecular complexity index is 682. The molecule has 0 spiro atoms. The van der Waals surface area contributed by atoms with Crippen molar-refractivity contribution in [2.75, 3.05) is 0 Å². The Morgan fingerprint density at radius 1 is 1.05 bits per heavy atom. The summed E-state index contributed by atoms with van der Waals surface area (Å²) >= 11 is 1.75. The van der Waals surface area contributed by atoms with Crippen LogP contribution in [-0.4, -0.2) is 21.5 Å². The van der Waals surface area contributed by atoms with E-state index < -0.39 is 0 Å². The van der Waals surface area contributed by atoms with Gasteiger partial charge in [0.05, 0.1) is 0 Å². The van der Waals surface area contributed by atoms with E-state index in [0.717, 1.165) is 16.9 Å². The summed E-state index contributed by atoms with van der Waals surface area (Å²) in [6, 6.07) is 12.8. The number of thioether (sulfide) groups is 1. The lowest BCUT2D eigenvalue weighted by Crippen LogP contribution is -2.52. The molecule has 4 N–H and O–H groups in total. The fourth-order valence-electron chi connectivity index (χ4n) is 3.14. The number of phenolic OH excluding ortho intramolecular Hbond substituents is 2. The van der Waals surface area contributed by atoms with Crippen LogP contribution in [0.3, 0.4) is 0 Å². The maximum Gasteiger partial charge on any atom is 0.115 e. The average Bonchev–Trinajstić information content (AvgIpc) is 2.48. The second-order valence-corrected chi connectivity index (χ2v) is 7.76. The SMILES string of the molecule is CC1(C)c2cc(O)ccc2CC(Sc2ccc(O)cc2)C1N. The molecule has 0 amide bonds. The van der Waals surface area contributed by atoms with Crippen LogP contribution in [0, 0.1) is 0 Å². The van der Waals surface area contributed by atoms with Gasteiger partial charge in [0, 0.05) is 21.6 Å². The number of nitrogens with two attached hydrogens (primary N) is 1. The molecule has 0 radical (unpaired) electrons. The largest absolute Gasteiger partial charge is 0.508 e. The number of hydrogen-bond donors (Lipinski definition) is 3. The zero-order chi connectivity index (χ0) is 15.9. The molecule has 0 fully saturated rings. The average molecular weight is 315 g/mol. The van der Waals surface area contributed by atoms with E-state index >= 15 is 0 Å². The van der Waals surface area contributed by atoms with Crippen LogP contribution in [0.4, 0.5) is 0 Å². The highest BCUT2D eigenvalue weighted by Gasteiger charge is 2.40. The van der Waals surface area contributed by atoms with E-state index in [1.54, 1.807) is 30.0 Å². The lowest BCUT2D eigenvalue weighted by atomic mass is 9.69. The molecule has 3 nitrogen and oxygen atoms in total. The van der Waals surface area contributed by atoms with Gasteiger partial charge in [0.15, 0.2) is 0 Å². The first-order chi connectivity index (χ1) is 10.4. The lowest BCUT2D eigenvalue weighted by molar-refractivity contribution is 0.369. The molecule has 1 aliphatic carbocycles. The van der Waals surface area contributed by atoms with Gasteiger partial charge in [-0.2, -0.15) is 0 Å². The molecule has 2 unspecified atom stereocenters. The van der Waals surface area contributed by atoms with E-state index in [2.05, 4.69) is 13.8 Å². The van der Waals surface area contributed by atoms with Crippen LogP contribution in [0.25, 0.3) is 0 Å². The third-order valence-electron chi connectivity index (χ3n) is 4.57. The molecule has 0 saturated carbocycles. The number of rotatable bonds is 2. The summed E-state index contributed by atoms with van der Waals surface area (Å²) in [6.07, 6.45) is 0.881. The highest BCUT2D eigenvalue weighted by molar-refractivity contribution is 8.00. The molecular formula is C18H21NO2S. The monoisotopic (exact) mass is 315 g/mol. The Balaban J connectivity index is 1.91. The lowest BCUT2D eigenvalue weighted by Gasteiger charge is -2.43. The smallest absolute Gasteiger partial charge is 0.115 e. The molecule has 0 heterocycles. The third-order valence-corrected chi connectivity index (χ3v) is 5.87. The van der Waals surface area contributed by atoms with E-state index in [0.29, 0.717) is 5.75 Å². The molecule has 0 aromatic heterocycles. The fraction of sp³-hybridized carbons (Fsp3) is 0.333. The van der Waals surface area contributed by atoms with E-state index in [1.807, 2.05) is 24.3 Å². The minimum absolute atomic E-state index is 0.0133. The summed E-state index contributed by atoms with van der Waals surface area (Å²) in [5, 5.41) is 19.4. The molecule has 0 bridgehead atoms. The summed E-state index contributed by atoms with van der Waals surface area (Å²) in [7, 11) is 0. The summed E-state index contributed by atoms with van der Waals surface area (Å²) < 4.78 is 0. The molecule has 22 heavy (non-hydrogen) atoms. The predicted octanol–water partition coefficient (Wildman–Crippen LogP) is 3.42. The predicted molar refractivity (Wildman–Crippen MR) is 90.6 cm³/mol. The third kappa shape index (κ3) is 2.69. The maximum absolute atomic E-state index is 9.76. The quantitative estimate of drug-likeness (QED) is 0.794. The summed E-state index contributed by atoms with van der Waals surface area (Å²) in [5.41, 5.74) is 8.75. The molecule has 2 aromatic carbocycles. The van der Waals surface area contributed by atoms with Crippen molar-refractivity contribution in [2.24, 2.45) is 5.73 Å². The number of hydrogen-bond acceptors (Lipinski definition) is 4. The first-order valence-corrected chi connectivity index (χ1v) is 8.29. The van der Waals surface area contributed by atoms with Gasteiger partial charge in [-0.1, -0.05) is 19.9 Å². The second-order valence-electron chi connectivity index (χ2n) is 6.44. The molecule has 2 atom stereocenters. The first kappa shape index (κ1) is 15.3. The number of benzene rings is 2. The van der Waals surface area contributed by atoms with Crippen molar-refractivity contribution < 1.29 is 10.2 Å². The van der Waals surface area contributed by atoms with Crippen LogP contribution in [-0.2, 0) is 11.8 Å². The Morgan fingerprint density at radius 2 is 1.68 bits per heavy atom. The van der Waals surface area contributed by atoms with Crippen molar-refractivity contribution in [1.29, 1.82) is 0 Å². The maximum atomic E-state index is 9.76. The Labute approximate surface area is 135 Å². The van der Waals surface area contributed by atoms with E-state index in [1.165, 1.54) is 5.56 Å². The zero-order valence-electron chi connectivity index (χ0n) is 12.8. The summed E-state index contributed by atoms with van der Waals surface area (Å²) in [4.78, 5) is 1.11. The van der Waals surface area contributed by atoms with E-state index in [-0.39, 0.29) is 22.5 Å². The van der Waals surface area contributed by atoms with E-state index in [9.17, 15) is 10.2 Å². The van der Waals surface area contributed by atoms with Gasteiger partial charge in [0.2, 0.25) is 0 Å². The molecule has 116 valence electrons. The molecule has 0 saturated heterocycles. The van der Waals surface area contributed by atoms with Crippen LogP contribution in [0.15, 0.2) is 47.4 Å². The second kappa shape index (κ2) is 5.52. The highest BCUT2D eigenvalue weighted by Crippen LogP contribution is 2.43. The fourth-order valence-corrected chi connectivity index (χ4v) is 4.54. The molecule has 2 aromatic rings. The Hall–Kier alpha value is -1.65. The van der Waals surface area contributed by atoms with Gasteiger partial charge in [-0.25, -0.2) is 0 Å². The number of aromatic hydroxyl groups is 2. The van der Waals surface area contributed by atoms with Crippen molar-refractivity contribution in [1.82, 2.24) is 0 Å². The minimum Gasteiger partial charge on any atom is -0.508 e. The van der Waals surface area contributed by atoms with Crippen molar-refractivity contribution in [3.05, 3.63) is 53.6 Å². The molecule has 4 heteroatoms. The molecule has 1 aliphatic rings. The van der Waals surface area contributed by atoms with Gasteiger partial charge in [-0.05, 0) is 53.9 Å². The molecular weight excluding hydrogens is 294 g/mol. The van der Waals surface area contributed by atoms with Gasteiger partial charge >= 0.3 is 0 Å². The van der Waals surface area contributed by atoms with Gasteiger partial charge in [0.25, 0.3) is 0 Å². The Morgan fingerprint density at radius 3 is 2.36 bits per heavy atom. The van der Waals surface area contributed by atoms with Crippen molar-refractivity contribution in [3.63, 3.8) is 0 Å². The minimum atomic E-state index is -0.194. The van der Waals surface area contributed by atoms with Gasteiger partial charge in [-0.3, -0.25) is 0 Å². The van der Waals surface area contributed by atoms with Gasteiger partial charge in [0.1, 0.15) is 11.5 Å². The van der Waals surface area contributed by atoms with Gasteiger partial charge in [-0.15, -0.1) is 11.8 Å². The van der Waals surface area contributed by atoms with E-state index in [4.69, 9.17) is 5.73 Å². The number of fused-ring (bicyclic) bond motifs is 1. The topological polar surface area (TPSA) is 66.5 Å². The van der Waals surface area contributed by atoms with Crippen molar-refractivity contribution in [2.45, 2.75) is 41.9 Å². The normalized spacial score (nSPS) is 23.0. The van der Waals surface area contributed by atoms with Crippen molar-refractivity contribution >= 4 is 11.8 Å². The first-order valence-electron chi connectivity index (χ1n) is 7.41. The standard InChI is InChI=1S/C18H21NO2S/c1-18(2)15-10-13(21)4-3-11(15)9-16(17(18)19)22-14-7-5-12(20)6-8-14/h3-8,10,16-17,20-21H,9,19H2,1-2H3. The molecule has 0 aliphatic heterocycles. The summed E-state index contributed by atoms with van der Waals surface area (Å²) in [6.45, 7) is 4.28. The van der Waals surface area contributed by atoms with Crippen molar-refractivity contribution in [3.8, 4) is 11.5 Å². The summed E-state index contributed by atoms with van der Waals surface area (Å²) in [5.74, 6) is 0.571. The van der Waals surface area contributed by atoms with Crippen LogP contribution in [0.2, 0.25) is 0 Å². The van der Waals surface area contributed by atoms with Crippen LogP contribution < -0.4 is 5.73 Å². The van der Waals surface area contributed by atoms with Gasteiger partial charge < -0.3 is 15.9 Å². The Kier molecular flexibility index (Phi) is 3.83. The zero-order valence-corrected chi connectivity index (χ0v) is 13.6. The van der Waals surface area contributed by atoms with Crippen LogP contribution >= 0.6 is 11.8 Å². The molecule has 3 rings (SSSR count). The highest BCUT2D eigenvalue weighted by atomic mass is 32.2. The van der Waals surface area contributed by atoms with Crippen LogP contribution in [0.5, 0.6) is 11.5 Å². The number of phenols is 2. The van der Waals surface area contributed by atoms with Crippen LogP contribution in [0.1, 0.15) is 25.0 Å².